The number of ether oxygens (including phenoxy) is 2. The highest BCUT2D eigenvalue weighted by Crippen LogP contribution is 2.28. The topological polar surface area (TPSA) is 110 Å². The molecule has 1 unspecified atom stereocenters. The van der Waals surface area contributed by atoms with Crippen LogP contribution in [0.25, 0.3) is 10.8 Å². The summed E-state index contributed by atoms with van der Waals surface area (Å²) in [5.74, 6) is -0.124. The molecule has 10 heteroatoms. The molecule has 2 aromatic rings. The second-order valence-corrected chi connectivity index (χ2v) is 7.32. The summed E-state index contributed by atoms with van der Waals surface area (Å²) in [5, 5.41) is 7.07. The lowest BCUT2D eigenvalue weighted by atomic mass is 10.1. The Kier molecular flexibility index (Phi) is 4.68. The quantitative estimate of drug-likeness (QED) is 0.796. The number of carbonyl (C=O) groups excluding carboxylic acids is 2. The van der Waals surface area contributed by atoms with Crippen LogP contribution in [0.1, 0.15) is 34.6 Å². The second kappa shape index (κ2) is 7.12. The second-order valence-electron chi connectivity index (χ2n) is 6.33. The number of esters is 1. The van der Waals surface area contributed by atoms with Gasteiger partial charge in [-0.1, -0.05) is 0 Å². The first kappa shape index (κ1) is 17.1. The Morgan fingerprint density at radius 2 is 2.19 bits per heavy atom. The molecule has 1 atom stereocenters. The van der Waals surface area contributed by atoms with Crippen LogP contribution in [0, 0.1) is 6.92 Å². The average molecular weight is 377 g/mol. The van der Waals surface area contributed by atoms with E-state index in [4.69, 9.17) is 9.47 Å². The van der Waals surface area contributed by atoms with E-state index >= 15 is 0 Å². The number of hydrogen-bond acceptors (Lipinski definition) is 8. The molecule has 1 N–H and O–H groups in total. The number of nitrogens with zero attached hydrogens (tertiary/aromatic N) is 4. The van der Waals surface area contributed by atoms with Crippen LogP contribution in [0.4, 0.5) is 0 Å². The van der Waals surface area contributed by atoms with Crippen LogP contribution >= 0.6 is 11.3 Å². The van der Waals surface area contributed by atoms with Crippen molar-refractivity contribution in [2.24, 2.45) is 0 Å². The number of thiazole rings is 1. The largest absolute Gasteiger partial charge is 0.448 e. The monoisotopic (exact) mass is 377 g/mol. The van der Waals surface area contributed by atoms with Crippen molar-refractivity contribution in [3.63, 3.8) is 0 Å². The molecule has 0 saturated carbocycles. The number of aromatic nitrogens is 4. The minimum absolute atomic E-state index is 0.108. The zero-order valence-corrected chi connectivity index (χ0v) is 15.1. The van der Waals surface area contributed by atoms with Gasteiger partial charge in [0.2, 0.25) is 0 Å². The van der Waals surface area contributed by atoms with Gasteiger partial charge in [-0.15, -0.1) is 11.3 Å². The summed E-state index contributed by atoms with van der Waals surface area (Å²) in [5.41, 5.74) is 0.554. The maximum Gasteiger partial charge on any atom is 0.351 e. The number of carbonyl (C=O) groups is 2. The van der Waals surface area contributed by atoms with E-state index in [1.807, 2.05) is 4.90 Å². The Labute approximate surface area is 153 Å². The smallest absolute Gasteiger partial charge is 0.351 e. The molecule has 0 bridgehead atoms. The number of hydrogen-bond donors (Lipinski definition) is 1. The molecule has 2 fully saturated rings. The predicted octanol–water partition coefficient (Wildman–Crippen LogP) is 1.17. The van der Waals surface area contributed by atoms with Crippen molar-refractivity contribution in [1.29, 1.82) is 0 Å². The Morgan fingerprint density at radius 1 is 1.38 bits per heavy atom. The van der Waals surface area contributed by atoms with Gasteiger partial charge >= 0.3 is 5.97 Å². The highest BCUT2D eigenvalue weighted by molar-refractivity contribution is 7.16. The van der Waals surface area contributed by atoms with Gasteiger partial charge in [0.1, 0.15) is 11.2 Å². The minimum Gasteiger partial charge on any atom is -0.448 e. The number of nitrogens with one attached hydrogen (secondary N) is 1. The third-order valence-electron chi connectivity index (χ3n) is 4.67. The van der Waals surface area contributed by atoms with E-state index in [-0.39, 0.29) is 11.9 Å². The molecule has 0 radical (unpaired) electrons. The van der Waals surface area contributed by atoms with Crippen LogP contribution in [0.3, 0.4) is 0 Å². The van der Waals surface area contributed by atoms with Crippen molar-refractivity contribution in [2.75, 3.05) is 19.8 Å². The molecule has 2 aromatic heterocycles. The van der Waals surface area contributed by atoms with Gasteiger partial charge in [0.15, 0.2) is 16.9 Å². The van der Waals surface area contributed by atoms with E-state index in [2.05, 4.69) is 20.2 Å². The van der Waals surface area contributed by atoms with Crippen molar-refractivity contribution < 1.29 is 19.1 Å². The Morgan fingerprint density at radius 3 is 2.92 bits per heavy atom. The van der Waals surface area contributed by atoms with E-state index in [9.17, 15) is 9.59 Å². The van der Waals surface area contributed by atoms with Crippen LogP contribution in [0.15, 0.2) is 6.33 Å². The molecule has 26 heavy (non-hydrogen) atoms. The van der Waals surface area contributed by atoms with Gasteiger partial charge in [-0.2, -0.15) is 5.10 Å². The molecule has 2 aliphatic rings. The van der Waals surface area contributed by atoms with Gasteiger partial charge in [-0.25, -0.2) is 14.8 Å². The minimum atomic E-state index is -0.722. The Bertz CT molecular complexity index is 800. The van der Waals surface area contributed by atoms with Gasteiger partial charge in [-0.05, 0) is 19.8 Å². The fourth-order valence-corrected chi connectivity index (χ4v) is 4.22. The standard InChI is InChI=1S/C16H19N5O4S/c1-9-12(26-14(19-9)13-17-8-18-20-13)16(23)25-11-2-5-21(15(11)22)10-3-6-24-7-4-10/h8,10-11H,2-7H2,1H3,(H,17,18,20). The first-order valence-electron chi connectivity index (χ1n) is 8.56. The Balaban J connectivity index is 1.43. The number of aryl methyl sites for hydroxylation is 1. The van der Waals surface area contributed by atoms with E-state index in [0.29, 0.717) is 47.6 Å². The lowest BCUT2D eigenvalue weighted by Crippen LogP contribution is -2.42. The molecule has 0 spiro atoms. The number of likely N-dealkylation sites (tertiary alicyclic amines) is 1. The zero-order chi connectivity index (χ0) is 18.1. The summed E-state index contributed by atoms with van der Waals surface area (Å²) in [6, 6.07) is 0.183. The molecule has 0 aliphatic carbocycles. The maximum atomic E-state index is 12.6. The zero-order valence-electron chi connectivity index (χ0n) is 14.3. The summed E-state index contributed by atoms with van der Waals surface area (Å²) in [6.45, 7) is 3.69. The molecule has 4 rings (SSSR count). The van der Waals surface area contributed by atoms with Crippen LogP contribution in [-0.4, -0.2) is 68.8 Å². The first-order chi connectivity index (χ1) is 12.6. The summed E-state index contributed by atoms with van der Waals surface area (Å²) < 4.78 is 10.9. The molecule has 9 nitrogen and oxygen atoms in total. The maximum absolute atomic E-state index is 12.6. The van der Waals surface area contributed by atoms with Gasteiger partial charge in [0, 0.05) is 32.2 Å². The molecule has 0 aromatic carbocycles. The van der Waals surface area contributed by atoms with Crippen molar-refractivity contribution >= 4 is 23.2 Å². The summed E-state index contributed by atoms with van der Waals surface area (Å²) in [4.78, 5) is 35.7. The van der Waals surface area contributed by atoms with Gasteiger partial charge < -0.3 is 14.4 Å². The molecule has 2 saturated heterocycles. The van der Waals surface area contributed by atoms with E-state index < -0.39 is 12.1 Å². The lowest BCUT2D eigenvalue weighted by molar-refractivity contribution is -0.138. The summed E-state index contributed by atoms with van der Waals surface area (Å²) in [6.07, 6.45) is 2.85. The predicted molar refractivity (Wildman–Crippen MR) is 91.6 cm³/mol. The van der Waals surface area contributed by atoms with Crippen molar-refractivity contribution in [3.05, 3.63) is 16.9 Å². The van der Waals surface area contributed by atoms with Gasteiger partial charge in [-0.3, -0.25) is 9.89 Å². The van der Waals surface area contributed by atoms with Crippen molar-refractivity contribution in [2.45, 2.75) is 38.3 Å². The lowest BCUT2D eigenvalue weighted by Gasteiger charge is -2.31. The molecule has 1 amide bonds. The SMILES string of the molecule is Cc1nc(-c2ncn[nH]2)sc1C(=O)OC1CCN(C2CCOCC2)C1=O. The first-order valence-corrected chi connectivity index (χ1v) is 9.37. The third kappa shape index (κ3) is 3.21. The molecule has 138 valence electrons. The Hall–Kier alpha value is -2.33. The van der Waals surface area contributed by atoms with E-state index in [0.717, 1.165) is 12.8 Å². The molecular formula is C16H19N5O4S. The van der Waals surface area contributed by atoms with Crippen LogP contribution in [0.5, 0.6) is 0 Å². The van der Waals surface area contributed by atoms with Crippen molar-refractivity contribution in [1.82, 2.24) is 25.1 Å². The number of amides is 1. The third-order valence-corrected chi connectivity index (χ3v) is 5.82. The van der Waals surface area contributed by atoms with E-state index in [1.165, 1.54) is 17.7 Å². The van der Waals surface area contributed by atoms with Crippen molar-refractivity contribution in [3.8, 4) is 10.8 Å². The van der Waals surface area contributed by atoms with Crippen LogP contribution in [0.2, 0.25) is 0 Å². The van der Waals surface area contributed by atoms with Crippen LogP contribution < -0.4 is 0 Å². The van der Waals surface area contributed by atoms with Gasteiger partial charge in [0.05, 0.1) is 5.69 Å². The van der Waals surface area contributed by atoms with Gasteiger partial charge in [0.25, 0.3) is 5.91 Å². The average Bonchev–Trinajstić information content (AvgIpc) is 3.37. The van der Waals surface area contributed by atoms with E-state index in [1.54, 1.807) is 6.92 Å². The number of H-pyrrole nitrogens is 1. The molecule has 2 aliphatic heterocycles. The highest BCUT2D eigenvalue weighted by Gasteiger charge is 2.39. The summed E-state index contributed by atoms with van der Waals surface area (Å²) >= 11 is 1.18. The molecular weight excluding hydrogens is 358 g/mol. The number of aromatic amines is 1. The highest BCUT2D eigenvalue weighted by atomic mass is 32.1. The molecule has 4 heterocycles. The summed E-state index contributed by atoms with van der Waals surface area (Å²) in [7, 11) is 0. The van der Waals surface area contributed by atoms with Crippen LogP contribution in [-0.2, 0) is 14.3 Å². The number of rotatable bonds is 4. The fraction of sp³-hybridized carbons (Fsp3) is 0.562. The normalized spacial score (nSPS) is 21.3. The fourth-order valence-electron chi connectivity index (χ4n) is 3.32.